The SMILES string of the molecule is COc1cc(NC(=O)Cn2nc(C(F)F)c(Br)c2C2CC2)ccc1OC(F)F. The van der Waals surface area contributed by atoms with Gasteiger partial charge in [0.25, 0.3) is 6.43 Å². The molecule has 152 valence electrons. The standard InChI is InChI=1S/C17H16BrF4N3O3/c1-27-11-6-9(4-5-10(11)28-17(21)22)23-12(26)7-25-15(8-2-3-8)13(18)14(24-25)16(19)20/h4-6,8,16-17H,2-3,7H2,1H3,(H,23,26). The quantitative estimate of drug-likeness (QED) is 0.573. The van der Waals surface area contributed by atoms with E-state index in [0.29, 0.717) is 5.69 Å². The smallest absolute Gasteiger partial charge is 0.387 e. The minimum atomic E-state index is -3.02. The van der Waals surface area contributed by atoms with Crippen molar-refractivity contribution in [2.24, 2.45) is 0 Å². The molecule has 2 aromatic rings. The summed E-state index contributed by atoms with van der Waals surface area (Å²) in [6.07, 6.45) is -1.07. The number of ether oxygens (including phenoxy) is 2. The highest BCUT2D eigenvalue weighted by molar-refractivity contribution is 9.10. The summed E-state index contributed by atoms with van der Waals surface area (Å²) in [5.74, 6) is -0.585. The molecule has 0 atom stereocenters. The van der Waals surface area contributed by atoms with Gasteiger partial charge in [-0.05, 0) is 40.9 Å². The minimum absolute atomic E-state index is 0.0126. The van der Waals surface area contributed by atoms with Crippen LogP contribution in [-0.4, -0.2) is 29.4 Å². The van der Waals surface area contributed by atoms with E-state index in [4.69, 9.17) is 4.74 Å². The van der Waals surface area contributed by atoms with Crippen molar-refractivity contribution in [1.82, 2.24) is 9.78 Å². The van der Waals surface area contributed by atoms with Crippen molar-refractivity contribution in [3.8, 4) is 11.5 Å². The normalized spacial score (nSPS) is 13.9. The lowest BCUT2D eigenvalue weighted by atomic mass is 10.2. The third kappa shape index (κ3) is 4.57. The van der Waals surface area contributed by atoms with Crippen LogP contribution in [0.5, 0.6) is 11.5 Å². The highest BCUT2D eigenvalue weighted by Crippen LogP contribution is 2.45. The number of methoxy groups -OCH3 is 1. The lowest BCUT2D eigenvalue weighted by Crippen LogP contribution is -2.21. The van der Waals surface area contributed by atoms with Crippen molar-refractivity contribution < 1.29 is 31.8 Å². The highest BCUT2D eigenvalue weighted by atomic mass is 79.9. The summed E-state index contributed by atoms with van der Waals surface area (Å²) in [7, 11) is 1.27. The molecule has 1 aliphatic carbocycles. The Labute approximate surface area is 165 Å². The zero-order chi connectivity index (χ0) is 20.4. The highest BCUT2D eigenvalue weighted by Gasteiger charge is 2.34. The second-order valence-electron chi connectivity index (χ2n) is 6.11. The van der Waals surface area contributed by atoms with Gasteiger partial charge in [0.2, 0.25) is 5.91 Å². The average Bonchev–Trinajstić information content (AvgIpc) is 3.39. The van der Waals surface area contributed by atoms with Crippen LogP contribution in [0.15, 0.2) is 22.7 Å². The molecule has 11 heteroatoms. The molecule has 1 saturated carbocycles. The Kier molecular flexibility index (Phi) is 6.11. The zero-order valence-corrected chi connectivity index (χ0v) is 16.2. The van der Waals surface area contributed by atoms with Gasteiger partial charge in [-0.15, -0.1) is 0 Å². The van der Waals surface area contributed by atoms with Gasteiger partial charge in [0.15, 0.2) is 11.5 Å². The molecule has 1 amide bonds. The Bertz CT molecular complexity index is 872. The molecule has 0 unspecified atom stereocenters. The number of alkyl halides is 4. The second kappa shape index (κ2) is 8.38. The van der Waals surface area contributed by atoms with Crippen LogP contribution in [0.2, 0.25) is 0 Å². The van der Waals surface area contributed by atoms with Gasteiger partial charge in [0, 0.05) is 17.7 Å². The number of benzene rings is 1. The molecular weight excluding hydrogens is 450 g/mol. The molecule has 1 N–H and O–H groups in total. The van der Waals surface area contributed by atoms with Gasteiger partial charge in [-0.1, -0.05) is 0 Å². The first-order chi connectivity index (χ1) is 13.3. The van der Waals surface area contributed by atoms with Crippen molar-refractivity contribution in [2.75, 3.05) is 12.4 Å². The molecule has 0 radical (unpaired) electrons. The number of carbonyl (C=O) groups excluding carboxylic acids is 1. The molecule has 3 rings (SSSR count). The largest absolute Gasteiger partial charge is 0.493 e. The summed E-state index contributed by atoms with van der Waals surface area (Å²) in [6, 6.07) is 3.92. The van der Waals surface area contributed by atoms with E-state index in [2.05, 4.69) is 31.1 Å². The van der Waals surface area contributed by atoms with Crippen LogP contribution < -0.4 is 14.8 Å². The third-order valence-electron chi connectivity index (χ3n) is 4.08. The zero-order valence-electron chi connectivity index (χ0n) is 14.6. The van der Waals surface area contributed by atoms with Gasteiger partial charge in [0.1, 0.15) is 12.2 Å². The topological polar surface area (TPSA) is 65.4 Å². The predicted octanol–water partition coefficient (Wildman–Crippen LogP) is 4.71. The van der Waals surface area contributed by atoms with Gasteiger partial charge in [0.05, 0.1) is 17.3 Å². The fourth-order valence-corrected chi connectivity index (χ4v) is 3.54. The third-order valence-corrected chi connectivity index (χ3v) is 4.90. The number of anilines is 1. The molecule has 0 bridgehead atoms. The van der Waals surface area contributed by atoms with Crippen molar-refractivity contribution in [3.05, 3.63) is 34.1 Å². The van der Waals surface area contributed by atoms with E-state index in [9.17, 15) is 22.4 Å². The maximum atomic E-state index is 13.1. The maximum absolute atomic E-state index is 13.1. The summed E-state index contributed by atoms with van der Waals surface area (Å²) >= 11 is 3.16. The van der Waals surface area contributed by atoms with Gasteiger partial charge in [-0.3, -0.25) is 9.48 Å². The van der Waals surface area contributed by atoms with Gasteiger partial charge in [-0.2, -0.15) is 13.9 Å². The van der Waals surface area contributed by atoms with Gasteiger partial charge < -0.3 is 14.8 Å². The molecule has 1 aromatic carbocycles. The molecule has 1 fully saturated rings. The van der Waals surface area contributed by atoms with E-state index in [1.165, 1.54) is 30.0 Å². The molecule has 6 nitrogen and oxygen atoms in total. The van der Waals surface area contributed by atoms with Crippen LogP contribution in [0.25, 0.3) is 0 Å². The number of rotatable bonds is 8. The van der Waals surface area contributed by atoms with E-state index in [1.807, 2.05) is 0 Å². The molecule has 1 aliphatic rings. The monoisotopic (exact) mass is 465 g/mol. The number of nitrogens with one attached hydrogen (secondary N) is 1. The van der Waals surface area contributed by atoms with Gasteiger partial charge >= 0.3 is 6.61 Å². The number of hydrogen-bond donors (Lipinski definition) is 1. The summed E-state index contributed by atoms with van der Waals surface area (Å²) in [5, 5.41) is 6.43. The Balaban J connectivity index is 1.75. The second-order valence-corrected chi connectivity index (χ2v) is 6.90. The number of halogens is 5. The first-order valence-corrected chi connectivity index (χ1v) is 9.06. The molecule has 1 aromatic heterocycles. The van der Waals surface area contributed by atoms with Crippen LogP contribution in [0.4, 0.5) is 23.2 Å². The van der Waals surface area contributed by atoms with Crippen molar-refractivity contribution in [3.63, 3.8) is 0 Å². The first kappa shape index (κ1) is 20.4. The molecule has 0 aliphatic heterocycles. The summed E-state index contributed by atoms with van der Waals surface area (Å²) in [4.78, 5) is 12.4. The Morgan fingerprint density at radius 1 is 1.32 bits per heavy atom. The lowest BCUT2D eigenvalue weighted by Gasteiger charge is -2.12. The van der Waals surface area contributed by atoms with E-state index in [0.717, 1.165) is 12.8 Å². The van der Waals surface area contributed by atoms with Crippen molar-refractivity contribution in [1.29, 1.82) is 0 Å². The number of aromatic nitrogens is 2. The molecule has 28 heavy (non-hydrogen) atoms. The molecule has 1 heterocycles. The van der Waals surface area contributed by atoms with Crippen LogP contribution in [-0.2, 0) is 11.3 Å². The number of carbonyl (C=O) groups is 1. The van der Waals surface area contributed by atoms with Crippen LogP contribution in [0.1, 0.15) is 36.6 Å². The summed E-state index contributed by atoms with van der Waals surface area (Å²) in [6.45, 7) is -3.29. The molecular formula is C17H16BrF4N3O3. The minimum Gasteiger partial charge on any atom is -0.493 e. The Morgan fingerprint density at radius 3 is 2.61 bits per heavy atom. The average molecular weight is 466 g/mol. The van der Waals surface area contributed by atoms with Crippen molar-refractivity contribution in [2.45, 2.75) is 38.3 Å². The number of nitrogens with zero attached hydrogens (tertiary/aromatic N) is 2. The fourth-order valence-electron chi connectivity index (χ4n) is 2.75. The Morgan fingerprint density at radius 2 is 2.04 bits per heavy atom. The van der Waals surface area contributed by atoms with Crippen molar-refractivity contribution >= 4 is 27.5 Å². The predicted molar refractivity (Wildman–Crippen MR) is 95.1 cm³/mol. The fraction of sp³-hybridized carbons (Fsp3) is 0.412. The van der Waals surface area contributed by atoms with E-state index in [1.54, 1.807) is 0 Å². The lowest BCUT2D eigenvalue weighted by molar-refractivity contribution is -0.117. The van der Waals surface area contributed by atoms with Gasteiger partial charge in [-0.25, -0.2) is 8.78 Å². The summed E-state index contributed by atoms with van der Waals surface area (Å²) < 4.78 is 61.8. The van der Waals surface area contributed by atoms with E-state index < -0.39 is 24.6 Å². The van der Waals surface area contributed by atoms with E-state index >= 15 is 0 Å². The first-order valence-electron chi connectivity index (χ1n) is 8.27. The van der Waals surface area contributed by atoms with Crippen LogP contribution in [0, 0.1) is 0 Å². The number of amides is 1. The summed E-state index contributed by atoms with van der Waals surface area (Å²) in [5.41, 5.74) is 0.449. The van der Waals surface area contributed by atoms with Crippen LogP contribution >= 0.6 is 15.9 Å². The van der Waals surface area contributed by atoms with Crippen LogP contribution in [0.3, 0.4) is 0 Å². The van der Waals surface area contributed by atoms with E-state index in [-0.39, 0.29) is 34.1 Å². The molecule has 0 saturated heterocycles. The Hall–Kier alpha value is -2.30. The maximum Gasteiger partial charge on any atom is 0.387 e. The number of hydrogen-bond acceptors (Lipinski definition) is 4. The molecule has 0 spiro atoms.